The number of aryl methyl sites for hydroxylation is 1. The first-order valence-electron chi connectivity index (χ1n) is 5.89. The molecule has 98 valence electrons. The fraction of sp³-hybridized carbons (Fsp3) is 0.143. The predicted molar refractivity (Wildman–Crippen MR) is 79.7 cm³/mol. The van der Waals surface area contributed by atoms with Crippen molar-refractivity contribution in [3.05, 3.63) is 52.6 Å². The second-order valence-corrected chi connectivity index (χ2v) is 5.06. The number of carbonyl (C=O) groups is 1. The number of pyridine rings is 1. The molecule has 0 radical (unpaired) electrons. The number of nitrogens with one attached hydrogen (secondary N) is 1. The van der Waals surface area contributed by atoms with Crippen LogP contribution in [0.15, 0.2) is 47.1 Å². The fourth-order valence-electron chi connectivity index (χ4n) is 1.61. The van der Waals surface area contributed by atoms with Gasteiger partial charge in [-0.15, -0.1) is 0 Å². The summed E-state index contributed by atoms with van der Waals surface area (Å²) in [5.41, 5.74) is 7.27. The number of nitrogens with two attached hydrogens (primary N) is 1. The number of nitrogens with zero attached hydrogens (tertiary/aromatic N) is 1. The maximum atomic E-state index is 11.8. The number of carbonyl (C=O) groups excluding carboxylic acids is 1. The minimum absolute atomic E-state index is 0.0329. The summed E-state index contributed by atoms with van der Waals surface area (Å²) in [7, 11) is 0. The standard InChI is InChI=1S/C14H14BrN3O/c15-11-4-1-10(2-5-11)3-8-14(19)18-12-6-7-13(16)17-9-12/h1-2,4-7,9H,3,8H2,(H2,16,17)(H,18,19). The summed E-state index contributed by atoms with van der Waals surface area (Å²) >= 11 is 3.38. The molecule has 0 saturated carbocycles. The average molecular weight is 320 g/mol. The molecule has 0 atom stereocenters. The van der Waals surface area contributed by atoms with Crippen LogP contribution in [-0.2, 0) is 11.2 Å². The van der Waals surface area contributed by atoms with Crippen molar-refractivity contribution in [3.63, 3.8) is 0 Å². The molecule has 0 fully saturated rings. The van der Waals surface area contributed by atoms with Crippen molar-refractivity contribution in [1.82, 2.24) is 4.98 Å². The highest BCUT2D eigenvalue weighted by atomic mass is 79.9. The van der Waals surface area contributed by atoms with Crippen LogP contribution in [-0.4, -0.2) is 10.9 Å². The molecule has 3 N–H and O–H groups in total. The smallest absolute Gasteiger partial charge is 0.224 e. The molecule has 0 aliphatic heterocycles. The average Bonchev–Trinajstić information content (AvgIpc) is 2.41. The van der Waals surface area contributed by atoms with Crippen LogP contribution in [0.5, 0.6) is 0 Å². The summed E-state index contributed by atoms with van der Waals surface area (Å²) in [6.07, 6.45) is 2.69. The van der Waals surface area contributed by atoms with Crippen LogP contribution in [0.2, 0.25) is 0 Å². The highest BCUT2D eigenvalue weighted by molar-refractivity contribution is 9.10. The number of benzene rings is 1. The van der Waals surface area contributed by atoms with Gasteiger partial charge in [-0.2, -0.15) is 0 Å². The maximum absolute atomic E-state index is 11.8. The van der Waals surface area contributed by atoms with E-state index in [0.717, 1.165) is 10.0 Å². The highest BCUT2D eigenvalue weighted by Gasteiger charge is 2.03. The molecule has 4 nitrogen and oxygen atoms in total. The lowest BCUT2D eigenvalue weighted by Crippen LogP contribution is -2.12. The Balaban J connectivity index is 1.84. The molecule has 0 bridgehead atoms. The summed E-state index contributed by atoms with van der Waals surface area (Å²) in [6.45, 7) is 0. The van der Waals surface area contributed by atoms with Crippen molar-refractivity contribution in [1.29, 1.82) is 0 Å². The van der Waals surface area contributed by atoms with Crippen LogP contribution in [0.4, 0.5) is 11.5 Å². The van der Waals surface area contributed by atoms with Crippen molar-refractivity contribution in [2.75, 3.05) is 11.1 Å². The Morgan fingerprint density at radius 3 is 2.58 bits per heavy atom. The summed E-state index contributed by atoms with van der Waals surface area (Å²) in [6, 6.07) is 11.3. The van der Waals surface area contributed by atoms with Gasteiger partial charge in [0.25, 0.3) is 0 Å². The minimum atomic E-state index is -0.0329. The Morgan fingerprint density at radius 2 is 1.95 bits per heavy atom. The van der Waals surface area contributed by atoms with Crippen molar-refractivity contribution >= 4 is 33.3 Å². The second-order valence-electron chi connectivity index (χ2n) is 4.15. The molecule has 2 aromatic rings. The van der Waals surface area contributed by atoms with Crippen LogP contribution >= 0.6 is 15.9 Å². The van der Waals surface area contributed by atoms with Gasteiger partial charge >= 0.3 is 0 Å². The van der Waals surface area contributed by atoms with Gasteiger partial charge in [0, 0.05) is 10.9 Å². The molecule has 0 saturated heterocycles. The molecular weight excluding hydrogens is 306 g/mol. The van der Waals surface area contributed by atoms with E-state index in [0.29, 0.717) is 24.3 Å². The summed E-state index contributed by atoms with van der Waals surface area (Å²) in [5.74, 6) is 0.405. The van der Waals surface area contributed by atoms with Crippen LogP contribution in [0, 0.1) is 0 Å². The van der Waals surface area contributed by atoms with E-state index in [1.54, 1.807) is 18.3 Å². The third kappa shape index (κ3) is 4.37. The highest BCUT2D eigenvalue weighted by Crippen LogP contribution is 2.12. The van der Waals surface area contributed by atoms with Gasteiger partial charge in [0.15, 0.2) is 0 Å². The number of halogens is 1. The van der Waals surface area contributed by atoms with Crippen molar-refractivity contribution in [2.24, 2.45) is 0 Å². The first kappa shape index (κ1) is 13.5. The third-order valence-corrected chi connectivity index (χ3v) is 3.15. The van der Waals surface area contributed by atoms with E-state index in [4.69, 9.17) is 5.73 Å². The van der Waals surface area contributed by atoms with E-state index in [2.05, 4.69) is 26.2 Å². The third-order valence-electron chi connectivity index (χ3n) is 2.62. The zero-order valence-electron chi connectivity index (χ0n) is 10.3. The maximum Gasteiger partial charge on any atom is 0.224 e. The quantitative estimate of drug-likeness (QED) is 0.910. The second kappa shape index (κ2) is 6.33. The van der Waals surface area contributed by atoms with E-state index in [9.17, 15) is 4.79 Å². The van der Waals surface area contributed by atoms with E-state index in [-0.39, 0.29) is 5.91 Å². The predicted octanol–water partition coefficient (Wildman–Crippen LogP) is 3.00. The van der Waals surface area contributed by atoms with Gasteiger partial charge < -0.3 is 11.1 Å². The fourth-order valence-corrected chi connectivity index (χ4v) is 1.88. The molecule has 5 heteroatoms. The lowest BCUT2D eigenvalue weighted by molar-refractivity contribution is -0.116. The number of aromatic nitrogens is 1. The van der Waals surface area contributed by atoms with Crippen LogP contribution in [0.25, 0.3) is 0 Å². The number of nitrogen functional groups attached to an aromatic ring is 1. The Labute approximate surface area is 120 Å². The molecular formula is C14H14BrN3O. The van der Waals surface area contributed by atoms with Gasteiger partial charge in [-0.25, -0.2) is 4.98 Å². The minimum Gasteiger partial charge on any atom is -0.384 e. The molecule has 0 spiro atoms. The number of hydrogen-bond donors (Lipinski definition) is 2. The Bertz CT molecular complexity index is 552. The van der Waals surface area contributed by atoms with Crippen molar-refractivity contribution < 1.29 is 4.79 Å². The van der Waals surface area contributed by atoms with Gasteiger partial charge in [0.1, 0.15) is 5.82 Å². The van der Waals surface area contributed by atoms with E-state index < -0.39 is 0 Å². The molecule has 1 heterocycles. The summed E-state index contributed by atoms with van der Waals surface area (Å²) in [4.78, 5) is 15.7. The van der Waals surface area contributed by atoms with Gasteiger partial charge in [-0.1, -0.05) is 28.1 Å². The lowest BCUT2D eigenvalue weighted by atomic mass is 10.1. The topological polar surface area (TPSA) is 68.0 Å². The number of anilines is 2. The molecule has 2 rings (SSSR count). The Morgan fingerprint density at radius 1 is 1.21 bits per heavy atom. The van der Waals surface area contributed by atoms with Crippen molar-refractivity contribution in [3.8, 4) is 0 Å². The Hall–Kier alpha value is -1.88. The van der Waals surface area contributed by atoms with E-state index in [1.165, 1.54) is 0 Å². The summed E-state index contributed by atoms with van der Waals surface area (Å²) in [5, 5.41) is 2.78. The number of hydrogen-bond acceptors (Lipinski definition) is 3. The number of amides is 1. The monoisotopic (exact) mass is 319 g/mol. The van der Waals surface area contributed by atoms with Crippen LogP contribution in [0.1, 0.15) is 12.0 Å². The zero-order valence-corrected chi connectivity index (χ0v) is 11.9. The van der Waals surface area contributed by atoms with Gasteiger partial charge in [0.2, 0.25) is 5.91 Å². The largest absolute Gasteiger partial charge is 0.384 e. The normalized spacial score (nSPS) is 10.2. The van der Waals surface area contributed by atoms with Gasteiger partial charge in [-0.3, -0.25) is 4.79 Å². The zero-order chi connectivity index (χ0) is 13.7. The van der Waals surface area contributed by atoms with Gasteiger partial charge in [-0.05, 0) is 36.2 Å². The molecule has 0 aliphatic rings. The molecule has 0 aliphatic carbocycles. The molecule has 1 aromatic heterocycles. The number of rotatable bonds is 4. The molecule has 0 unspecified atom stereocenters. The van der Waals surface area contributed by atoms with Gasteiger partial charge in [0.05, 0.1) is 11.9 Å². The molecule has 1 amide bonds. The lowest BCUT2D eigenvalue weighted by Gasteiger charge is -2.05. The van der Waals surface area contributed by atoms with Crippen LogP contribution in [0.3, 0.4) is 0 Å². The molecule has 1 aromatic carbocycles. The summed E-state index contributed by atoms with van der Waals surface area (Å²) < 4.78 is 1.04. The van der Waals surface area contributed by atoms with Crippen molar-refractivity contribution in [2.45, 2.75) is 12.8 Å². The molecule has 19 heavy (non-hydrogen) atoms. The first-order valence-corrected chi connectivity index (χ1v) is 6.68. The SMILES string of the molecule is Nc1ccc(NC(=O)CCc2ccc(Br)cc2)cn1. The van der Waals surface area contributed by atoms with Crippen LogP contribution < -0.4 is 11.1 Å². The Kier molecular flexibility index (Phi) is 4.52. The first-order chi connectivity index (χ1) is 9.13. The van der Waals surface area contributed by atoms with E-state index in [1.807, 2.05) is 24.3 Å². The van der Waals surface area contributed by atoms with E-state index >= 15 is 0 Å².